The van der Waals surface area contributed by atoms with Crippen molar-refractivity contribution in [2.45, 2.75) is 13.5 Å². The first kappa shape index (κ1) is 17.2. The molecule has 0 bridgehead atoms. The van der Waals surface area contributed by atoms with Gasteiger partial charge in [-0.1, -0.05) is 64.0 Å². The first-order valence-corrected chi connectivity index (χ1v) is 8.35. The molecule has 120 valence electrons. The van der Waals surface area contributed by atoms with Gasteiger partial charge >= 0.3 is 6.09 Å². The van der Waals surface area contributed by atoms with Gasteiger partial charge in [0.2, 0.25) is 0 Å². The van der Waals surface area contributed by atoms with Crippen LogP contribution in [0.25, 0.3) is 0 Å². The van der Waals surface area contributed by atoms with Crippen LogP contribution in [-0.4, -0.2) is 23.8 Å². The number of ketones is 1. The van der Waals surface area contributed by atoms with E-state index in [-0.39, 0.29) is 24.3 Å². The Labute approximate surface area is 144 Å². The van der Waals surface area contributed by atoms with Gasteiger partial charge in [0.05, 0.1) is 11.9 Å². The predicted octanol–water partition coefficient (Wildman–Crippen LogP) is 4.10. The molecule has 0 saturated heterocycles. The Kier molecular flexibility index (Phi) is 6.35. The van der Waals surface area contributed by atoms with Gasteiger partial charge in [0.15, 0.2) is 5.78 Å². The van der Waals surface area contributed by atoms with Crippen molar-refractivity contribution in [2.75, 3.05) is 16.8 Å². The molecule has 1 amide bonds. The van der Waals surface area contributed by atoms with E-state index >= 15 is 0 Å². The third-order valence-electron chi connectivity index (χ3n) is 3.25. The molecule has 0 unspecified atom stereocenters. The third-order valence-corrected chi connectivity index (χ3v) is 3.88. The van der Waals surface area contributed by atoms with Crippen molar-refractivity contribution in [1.82, 2.24) is 0 Å². The average Bonchev–Trinajstić information content (AvgIpc) is 2.59. The number of halogens is 1. The second-order valence-electron chi connectivity index (χ2n) is 5.13. The lowest BCUT2D eigenvalue weighted by molar-refractivity contribution is -0.115. The zero-order valence-corrected chi connectivity index (χ0v) is 14.5. The molecule has 2 aromatic rings. The van der Waals surface area contributed by atoms with Crippen LogP contribution in [0.5, 0.6) is 0 Å². The summed E-state index contributed by atoms with van der Waals surface area (Å²) >= 11 is 3.12. The highest BCUT2D eigenvalue weighted by molar-refractivity contribution is 9.09. The van der Waals surface area contributed by atoms with Crippen molar-refractivity contribution < 1.29 is 14.3 Å². The molecule has 2 aromatic carbocycles. The van der Waals surface area contributed by atoms with Gasteiger partial charge in [0, 0.05) is 5.69 Å². The molecule has 0 N–H and O–H groups in total. The highest BCUT2D eigenvalue weighted by Crippen LogP contribution is 2.17. The lowest BCUT2D eigenvalue weighted by Gasteiger charge is -2.21. The van der Waals surface area contributed by atoms with E-state index in [9.17, 15) is 9.59 Å². The molecule has 4 nitrogen and oxygen atoms in total. The second kappa shape index (κ2) is 8.48. The zero-order chi connectivity index (χ0) is 16.7. The number of amides is 1. The number of anilines is 1. The number of aryl methyl sites for hydroxylation is 1. The SMILES string of the molecule is Cc1ccc(N(CC(=O)CBr)C(=O)OCc2ccccc2)cc1. The summed E-state index contributed by atoms with van der Waals surface area (Å²) in [6.07, 6.45) is -0.535. The lowest BCUT2D eigenvalue weighted by Crippen LogP contribution is -2.36. The van der Waals surface area contributed by atoms with E-state index in [1.807, 2.05) is 49.4 Å². The molecule has 2 rings (SSSR count). The second-order valence-corrected chi connectivity index (χ2v) is 5.69. The normalized spacial score (nSPS) is 10.2. The number of benzene rings is 2. The fourth-order valence-corrected chi connectivity index (χ4v) is 2.18. The molecule has 0 spiro atoms. The quantitative estimate of drug-likeness (QED) is 0.713. The number of ether oxygens (including phenoxy) is 1. The minimum atomic E-state index is -0.535. The van der Waals surface area contributed by atoms with Gasteiger partial charge in [-0.25, -0.2) is 4.79 Å². The number of rotatable bonds is 6. The molecule has 0 aromatic heterocycles. The molecule has 0 aliphatic carbocycles. The summed E-state index contributed by atoms with van der Waals surface area (Å²) < 4.78 is 5.34. The van der Waals surface area contributed by atoms with E-state index in [4.69, 9.17) is 4.74 Å². The van der Waals surface area contributed by atoms with E-state index in [1.165, 1.54) is 4.90 Å². The smallest absolute Gasteiger partial charge is 0.415 e. The molecule has 0 saturated carbocycles. The molecule has 0 aliphatic rings. The van der Waals surface area contributed by atoms with Crippen LogP contribution in [0.1, 0.15) is 11.1 Å². The molecule has 0 aliphatic heterocycles. The highest BCUT2D eigenvalue weighted by Gasteiger charge is 2.20. The van der Waals surface area contributed by atoms with Crippen LogP contribution in [-0.2, 0) is 16.1 Å². The van der Waals surface area contributed by atoms with Crippen molar-refractivity contribution in [2.24, 2.45) is 0 Å². The molecule has 0 atom stereocenters. The van der Waals surface area contributed by atoms with E-state index in [2.05, 4.69) is 15.9 Å². The van der Waals surface area contributed by atoms with Crippen LogP contribution in [0, 0.1) is 6.92 Å². The summed E-state index contributed by atoms with van der Waals surface area (Å²) in [6, 6.07) is 16.8. The summed E-state index contributed by atoms with van der Waals surface area (Å²) in [5, 5.41) is 0.196. The third kappa shape index (κ3) is 5.21. The van der Waals surface area contributed by atoms with Crippen LogP contribution in [0.4, 0.5) is 10.5 Å². The van der Waals surface area contributed by atoms with E-state index < -0.39 is 6.09 Å². The minimum absolute atomic E-state index is 0.0259. The molecule has 5 heteroatoms. The first-order chi connectivity index (χ1) is 11.1. The van der Waals surface area contributed by atoms with Crippen molar-refractivity contribution in [3.8, 4) is 0 Å². The average molecular weight is 376 g/mol. The Bertz CT molecular complexity index is 656. The summed E-state index contributed by atoms with van der Waals surface area (Å²) in [5.74, 6) is -0.0952. The van der Waals surface area contributed by atoms with Crippen LogP contribution in [0.2, 0.25) is 0 Å². The lowest BCUT2D eigenvalue weighted by atomic mass is 10.2. The first-order valence-electron chi connectivity index (χ1n) is 7.22. The maximum atomic E-state index is 12.4. The van der Waals surface area contributed by atoms with Crippen molar-refractivity contribution in [3.63, 3.8) is 0 Å². The van der Waals surface area contributed by atoms with Crippen LogP contribution < -0.4 is 4.90 Å². The highest BCUT2D eigenvalue weighted by atomic mass is 79.9. The zero-order valence-electron chi connectivity index (χ0n) is 12.9. The molecule has 0 heterocycles. The van der Waals surface area contributed by atoms with E-state index in [0.29, 0.717) is 5.69 Å². The van der Waals surface area contributed by atoms with Crippen LogP contribution in [0.3, 0.4) is 0 Å². The fraction of sp³-hybridized carbons (Fsp3) is 0.222. The predicted molar refractivity (Wildman–Crippen MR) is 94.0 cm³/mol. The molecular weight excluding hydrogens is 358 g/mol. The van der Waals surface area contributed by atoms with Gasteiger partial charge in [-0.3, -0.25) is 9.69 Å². The standard InChI is InChI=1S/C18H18BrNO3/c1-14-7-9-16(10-8-14)20(12-17(21)11-19)18(22)23-13-15-5-3-2-4-6-15/h2-10H,11-13H2,1H3. The van der Waals surface area contributed by atoms with Crippen molar-refractivity contribution in [1.29, 1.82) is 0 Å². The summed E-state index contributed by atoms with van der Waals surface area (Å²) in [6.45, 7) is 2.11. The number of alkyl halides is 1. The topological polar surface area (TPSA) is 46.6 Å². The van der Waals surface area contributed by atoms with Gasteiger partial charge in [-0.05, 0) is 24.6 Å². The number of hydrogen-bond donors (Lipinski definition) is 0. The largest absolute Gasteiger partial charge is 0.444 e. The number of carbonyl (C=O) groups excluding carboxylic acids is 2. The van der Waals surface area contributed by atoms with E-state index in [0.717, 1.165) is 11.1 Å². The molecular formula is C18H18BrNO3. The molecule has 0 radical (unpaired) electrons. The Morgan fingerprint density at radius 3 is 2.30 bits per heavy atom. The number of nitrogens with zero attached hydrogens (tertiary/aromatic N) is 1. The monoisotopic (exact) mass is 375 g/mol. The Morgan fingerprint density at radius 2 is 1.70 bits per heavy atom. The molecule has 23 heavy (non-hydrogen) atoms. The Morgan fingerprint density at radius 1 is 1.04 bits per heavy atom. The van der Waals surface area contributed by atoms with Gasteiger partial charge < -0.3 is 4.74 Å². The van der Waals surface area contributed by atoms with E-state index in [1.54, 1.807) is 12.1 Å². The minimum Gasteiger partial charge on any atom is -0.444 e. The number of hydrogen-bond acceptors (Lipinski definition) is 3. The van der Waals surface area contributed by atoms with Crippen LogP contribution in [0.15, 0.2) is 54.6 Å². The Hall–Kier alpha value is -2.14. The fourth-order valence-electron chi connectivity index (χ4n) is 2.00. The van der Waals surface area contributed by atoms with Gasteiger partial charge in [0.1, 0.15) is 6.61 Å². The molecule has 0 fully saturated rings. The van der Waals surface area contributed by atoms with Gasteiger partial charge in [0.25, 0.3) is 0 Å². The Balaban J connectivity index is 2.10. The van der Waals surface area contributed by atoms with Crippen molar-refractivity contribution >= 4 is 33.5 Å². The summed E-state index contributed by atoms with van der Waals surface area (Å²) in [4.78, 5) is 25.5. The number of Topliss-reactive ketones (excluding diaryl/α,β-unsaturated/α-hetero) is 1. The summed E-state index contributed by atoms with van der Waals surface area (Å²) in [7, 11) is 0. The number of carbonyl (C=O) groups is 2. The summed E-state index contributed by atoms with van der Waals surface area (Å²) in [5.41, 5.74) is 2.62. The van der Waals surface area contributed by atoms with Crippen LogP contribution >= 0.6 is 15.9 Å². The van der Waals surface area contributed by atoms with Gasteiger partial charge in [-0.15, -0.1) is 0 Å². The maximum Gasteiger partial charge on any atom is 0.415 e. The van der Waals surface area contributed by atoms with Crippen molar-refractivity contribution in [3.05, 3.63) is 65.7 Å². The maximum absolute atomic E-state index is 12.4. The van der Waals surface area contributed by atoms with Gasteiger partial charge in [-0.2, -0.15) is 0 Å².